The summed E-state index contributed by atoms with van der Waals surface area (Å²) >= 11 is 0. The lowest BCUT2D eigenvalue weighted by atomic mass is 9.87. The van der Waals surface area contributed by atoms with E-state index in [-0.39, 0.29) is 29.4 Å². The summed E-state index contributed by atoms with van der Waals surface area (Å²) in [7, 11) is 0. The average Bonchev–Trinajstić information content (AvgIpc) is 3.60. The molecular formula is C38H52N2O5. The normalized spacial score (nSPS) is 23.2. The Hall–Kier alpha value is -3.26. The Morgan fingerprint density at radius 2 is 1.84 bits per heavy atom. The Kier molecular flexibility index (Phi) is 13.4. The van der Waals surface area contributed by atoms with Crippen LogP contribution in [0.25, 0.3) is 0 Å². The third-order valence-corrected chi connectivity index (χ3v) is 9.28. The smallest absolute Gasteiger partial charge is 0.227 e. The van der Waals surface area contributed by atoms with Crippen LogP contribution in [0.15, 0.2) is 77.8 Å². The van der Waals surface area contributed by atoms with Crippen LogP contribution in [0.1, 0.15) is 93.7 Å². The molecule has 0 radical (unpaired) electrons. The molecule has 4 N–H and O–H groups in total. The molecule has 0 aromatic heterocycles. The zero-order valence-corrected chi connectivity index (χ0v) is 27.0. The lowest BCUT2D eigenvalue weighted by molar-refractivity contribution is -0.127. The number of aromatic hydroxyl groups is 1. The van der Waals surface area contributed by atoms with Crippen LogP contribution >= 0.6 is 0 Å². The monoisotopic (exact) mass is 616 g/mol. The van der Waals surface area contributed by atoms with E-state index in [0.717, 1.165) is 49.1 Å². The van der Waals surface area contributed by atoms with Crippen molar-refractivity contribution in [3.8, 4) is 5.75 Å². The molecule has 1 amide bonds. The van der Waals surface area contributed by atoms with E-state index in [1.165, 1.54) is 5.56 Å². The van der Waals surface area contributed by atoms with Crippen molar-refractivity contribution in [1.82, 2.24) is 4.90 Å². The number of amides is 1. The molecule has 45 heavy (non-hydrogen) atoms. The number of hydrogen-bond donors (Lipinski definition) is 4. The van der Waals surface area contributed by atoms with Gasteiger partial charge in [0.15, 0.2) is 0 Å². The number of benzene rings is 2. The van der Waals surface area contributed by atoms with Crippen LogP contribution in [0.3, 0.4) is 0 Å². The molecule has 4 rings (SSSR count). The van der Waals surface area contributed by atoms with Gasteiger partial charge in [-0.1, -0.05) is 92.5 Å². The Morgan fingerprint density at radius 1 is 1.04 bits per heavy atom. The van der Waals surface area contributed by atoms with Crippen LogP contribution in [0, 0.1) is 18.8 Å². The summed E-state index contributed by atoms with van der Waals surface area (Å²) < 4.78 is 0. The number of amidine groups is 1. The molecule has 0 bridgehead atoms. The number of phenolic OH excluding ortho intramolecular Hbond substituents is 1. The Bertz CT molecular complexity index is 1300. The summed E-state index contributed by atoms with van der Waals surface area (Å²) in [5, 5.41) is 41.5. The number of aliphatic hydroxyl groups excluding tert-OH is 3. The van der Waals surface area contributed by atoms with E-state index in [9.17, 15) is 25.2 Å². The van der Waals surface area contributed by atoms with E-state index >= 15 is 0 Å². The van der Waals surface area contributed by atoms with Crippen LogP contribution in [0.2, 0.25) is 0 Å². The van der Waals surface area contributed by atoms with Gasteiger partial charge in [-0.3, -0.25) is 14.7 Å². The first-order valence-corrected chi connectivity index (χ1v) is 16.8. The Morgan fingerprint density at radius 3 is 2.60 bits per heavy atom. The van der Waals surface area contributed by atoms with E-state index in [1.807, 2.05) is 23.1 Å². The fourth-order valence-corrected chi connectivity index (χ4v) is 6.63. The number of aryl methyl sites for hydroxylation is 1. The lowest BCUT2D eigenvalue weighted by Gasteiger charge is -2.24. The van der Waals surface area contributed by atoms with Gasteiger partial charge in [0.2, 0.25) is 5.91 Å². The predicted octanol–water partition coefficient (Wildman–Crippen LogP) is 6.44. The molecular weight excluding hydrogens is 564 g/mol. The maximum Gasteiger partial charge on any atom is 0.227 e. The average molecular weight is 617 g/mol. The third-order valence-electron chi connectivity index (χ3n) is 9.28. The summed E-state index contributed by atoms with van der Waals surface area (Å²) in [4.78, 5) is 19.8. The van der Waals surface area contributed by atoms with Crippen molar-refractivity contribution in [2.24, 2.45) is 16.8 Å². The van der Waals surface area contributed by atoms with Gasteiger partial charge in [0.25, 0.3) is 0 Å². The molecule has 2 aliphatic rings. The number of phenols is 1. The van der Waals surface area contributed by atoms with Crippen LogP contribution < -0.4 is 0 Å². The number of allylic oxidation sites excluding steroid dienone is 2. The summed E-state index contributed by atoms with van der Waals surface area (Å²) in [6.45, 7) is 5.39. The van der Waals surface area contributed by atoms with Crippen molar-refractivity contribution in [3.05, 3.63) is 89.5 Å². The van der Waals surface area contributed by atoms with Crippen LogP contribution in [-0.4, -0.2) is 68.5 Å². The second kappa shape index (κ2) is 17.4. The predicted molar refractivity (Wildman–Crippen MR) is 180 cm³/mol. The number of carbonyl (C=O) groups excluding carboxylic acids is 1. The minimum atomic E-state index is -0.607. The second-order valence-electron chi connectivity index (χ2n) is 12.8. The molecule has 0 spiro atoms. The first-order valence-electron chi connectivity index (χ1n) is 16.8. The van der Waals surface area contributed by atoms with Gasteiger partial charge in [0.1, 0.15) is 11.6 Å². The highest BCUT2D eigenvalue weighted by Crippen LogP contribution is 2.36. The number of hydrogen-bond acceptors (Lipinski definition) is 6. The first-order chi connectivity index (χ1) is 21.8. The molecule has 1 saturated carbocycles. The molecule has 7 heteroatoms. The lowest BCUT2D eigenvalue weighted by Crippen LogP contribution is -2.35. The zero-order chi connectivity index (χ0) is 32.2. The van der Waals surface area contributed by atoms with E-state index in [1.54, 1.807) is 18.2 Å². The summed E-state index contributed by atoms with van der Waals surface area (Å²) in [5.74, 6) is 0.807. The number of carbonyl (C=O) groups is 1. The summed E-state index contributed by atoms with van der Waals surface area (Å²) in [5.41, 5.74) is 3.30. The van der Waals surface area contributed by atoms with Crippen molar-refractivity contribution in [2.75, 3.05) is 13.1 Å². The molecule has 1 unspecified atom stereocenters. The highest BCUT2D eigenvalue weighted by Gasteiger charge is 2.39. The molecule has 1 heterocycles. The molecule has 2 aromatic rings. The largest absolute Gasteiger partial charge is 0.508 e. The number of nitrogens with zero attached hydrogens (tertiary/aromatic N) is 2. The SMILES string of the molecule is CCCCC[C@H](O)/C=C/[C@@H]1[C@@H](C/C=C\CCCC(=O)N2CCN=C2CC(c2ccc(C)cc2)c2cccc(O)c2)[C@@H](O)C[C@H]1O. The van der Waals surface area contributed by atoms with Crippen molar-refractivity contribution in [1.29, 1.82) is 0 Å². The van der Waals surface area contributed by atoms with Gasteiger partial charge in [-0.25, -0.2) is 0 Å². The summed E-state index contributed by atoms with van der Waals surface area (Å²) in [6, 6.07) is 15.7. The van der Waals surface area contributed by atoms with Gasteiger partial charge in [-0.2, -0.15) is 0 Å². The quantitative estimate of drug-likeness (QED) is 0.128. The molecule has 2 aromatic carbocycles. The topological polar surface area (TPSA) is 114 Å². The maximum atomic E-state index is 13.3. The van der Waals surface area contributed by atoms with Gasteiger partial charge in [-0.05, 0) is 61.8 Å². The number of aliphatic imine (C=N–C) groups is 1. The maximum absolute atomic E-state index is 13.3. The van der Waals surface area contributed by atoms with E-state index in [2.05, 4.69) is 50.3 Å². The van der Waals surface area contributed by atoms with E-state index in [4.69, 9.17) is 4.99 Å². The molecule has 6 atom stereocenters. The van der Waals surface area contributed by atoms with Gasteiger partial charge < -0.3 is 20.4 Å². The van der Waals surface area contributed by atoms with Crippen LogP contribution in [-0.2, 0) is 4.79 Å². The third kappa shape index (κ3) is 10.1. The Balaban J connectivity index is 1.27. The minimum Gasteiger partial charge on any atom is -0.508 e. The highest BCUT2D eigenvalue weighted by atomic mass is 16.3. The molecule has 1 fully saturated rings. The van der Waals surface area contributed by atoms with Crippen LogP contribution in [0.4, 0.5) is 0 Å². The number of unbranched alkanes of at least 4 members (excludes halogenated alkanes) is 3. The molecule has 1 aliphatic heterocycles. The van der Waals surface area contributed by atoms with Crippen molar-refractivity contribution >= 4 is 11.7 Å². The van der Waals surface area contributed by atoms with Crippen molar-refractivity contribution in [2.45, 2.75) is 102 Å². The van der Waals surface area contributed by atoms with Crippen molar-refractivity contribution in [3.63, 3.8) is 0 Å². The molecule has 0 saturated heterocycles. The standard InChI is InChI=1S/C38H52N2O5/c1-3-4-7-12-30(41)20-21-33-32(35(43)26-36(33)44)14-8-5-6-9-15-38(45)40-23-22-39-37(40)25-34(28-18-16-27(2)17-19-28)29-11-10-13-31(42)24-29/h5,8,10-11,13,16-21,24,30,32-36,41-44H,3-4,6-7,9,12,14-15,22-23,25-26H2,1-2H3/b8-5-,21-20+/t30-,32+,33+,34?,35-,36+/m0/s1. The number of aliphatic hydroxyl groups is 3. The van der Waals surface area contributed by atoms with Gasteiger partial charge in [0.05, 0.1) is 24.9 Å². The molecule has 1 aliphatic carbocycles. The van der Waals surface area contributed by atoms with Gasteiger partial charge in [-0.15, -0.1) is 0 Å². The van der Waals surface area contributed by atoms with E-state index in [0.29, 0.717) is 45.2 Å². The molecule has 7 nitrogen and oxygen atoms in total. The van der Waals surface area contributed by atoms with Crippen molar-refractivity contribution < 1.29 is 25.2 Å². The summed E-state index contributed by atoms with van der Waals surface area (Å²) in [6.07, 6.45) is 13.5. The molecule has 244 valence electrons. The van der Waals surface area contributed by atoms with Gasteiger partial charge in [0, 0.05) is 37.6 Å². The van der Waals surface area contributed by atoms with Crippen LogP contribution in [0.5, 0.6) is 5.75 Å². The van der Waals surface area contributed by atoms with E-state index < -0.39 is 18.3 Å². The first kappa shape index (κ1) is 34.6. The van der Waals surface area contributed by atoms with Gasteiger partial charge >= 0.3 is 0 Å². The zero-order valence-electron chi connectivity index (χ0n) is 27.0. The number of rotatable bonds is 16. The second-order valence-corrected chi connectivity index (χ2v) is 12.8. The fraction of sp³-hybridized carbons (Fsp3) is 0.526. The fourth-order valence-electron chi connectivity index (χ4n) is 6.63. The minimum absolute atomic E-state index is 0.0276. The Labute approximate surface area is 269 Å². The highest BCUT2D eigenvalue weighted by molar-refractivity contribution is 5.99.